The number of hydrogen-bond donors (Lipinski definition) is 1. The van der Waals surface area contributed by atoms with Crippen LogP contribution in [0.25, 0.3) is 16.9 Å². The van der Waals surface area contributed by atoms with E-state index in [1.165, 1.54) is 30.5 Å². The van der Waals surface area contributed by atoms with Crippen molar-refractivity contribution in [2.45, 2.75) is 31.6 Å². The van der Waals surface area contributed by atoms with Gasteiger partial charge in [0, 0.05) is 11.8 Å². The fourth-order valence-corrected chi connectivity index (χ4v) is 2.59. The van der Waals surface area contributed by atoms with E-state index in [0.717, 1.165) is 24.4 Å². The highest BCUT2D eigenvalue weighted by molar-refractivity contribution is 5.70. The predicted octanol–water partition coefficient (Wildman–Crippen LogP) is 4.84. The van der Waals surface area contributed by atoms with Gasteiger partial charge in [-0.05, 0) is 25.5 Å². The number of nitrogens with zero attached hydrogens (tertiary/aromatic N) is 3. The molecule has 0 saturated carbocycles. The van der Waals surface area contributed by atoms with Crippen LogP contribution < -0.4 is 5.73 Å². The minimum absolute atomic E-state index is 0.0153. The van der Waals surface area contributed by atoms with Crippen molar-refractivity contribution in [3.8, 4) is 11.3 Å². The van der Waals surface area contributed by atoms with Gasteiger partial charge in [-0.3, -0.25) is 4.40 Å². The van der Waals surface area contributed by atoms with Crippen molar-refractivity contribution in [1.82, 2.24) is 14.4 Å². The lowest BCUT2D eigenvalue weighted by Crippen LogP contribution is -2.36. The Labute approximate surface area is 149 Å². The number of benzene rings is 1. The molecule has 2 aromatic heterocycles. The molecule has 0 radical (unpaired) electrons. The lowest BCUT2D eigenvalue weighted by molar-refractivity contribution is -0.180. The molecule has 0 atom stereocenters. The third kappa shape index (κ3) is 3.19. The van der Waals surface area contributed by atoms with Gasteiger partial charge in [0.25, 0.3) is 0 Å². The number of aromatic nitrogens is 3. The van der Waals surface area contributed by atoms with E-state index in [4.69, 9.17) is 5.73 Å². The predicted molar refractivity (Wildman–Crippen MR) is 86.9 cm³/mol. The molecular formula is C17H14F6N4. The molecule has 27 heavy (non-hydrogen) atoms. The van der Waals surface area contributed by atoms with E-state index in [-0.39, 0.29) is 22.5 Å². The number of imidazole rings is 1. The first-order valence-electron chi connectivity index (χ1n) is 7.71. The molecule has 0 saturated heterocycles. The summed E-state index contributed by atoms with van der Waals surface area (Å²) < 4.78 is 80.1. The van der Waals surface area contributed by atoms with Gasteiger partial charge in [0.15, 0.2) is 17.2 Å². The minimum atomic E-state index is -4.73. The number of halogens is 6. The second kappa shape index (κ2) is 5.86. The minimum Gasteiger partial charge on any atom is -0.381 e. The summed E-state index contributed by atoms with van der Waals surface area (Å²) in [6.45, 7) is 2.06. The summed E-state index contributed by atoms with van der Waals surface area (Å²) in [5, 5.41) is 0. The van der Waals surface area contributed by atoms with Crippen molar-refractivity contribution in [2.24, 2.45) is 0 Å². The average Bonchev–Trinajstić information content (AvgIpc) is 2.97. The van der Waals surface area contributed by atoms with Crippen LogP contribution in [0.4, 0.5) is 32.2 Å². The summed E-state index contributed by atoms with van der Waals surface area (Å²) in [5.74, 6) is -0.428. The highest BCUT2D eigenvalue weighted by Crippen LogP contribution is 2.41. The highest BCUT2D eigenvalue weighted by atomic mass is 19.4. The Morgan fingerprint density at radius 3 is 2.30 bits per heavy atom. The van der Waals surface area contributed by atoms with Gasteiger partial charge in [-0.25, -0.2) is 9.97 Å². The second-order valence-electron chi connectivity index (χ2n) is 6.55. The van der Waals surface area contributed by atoms with Crippen LogP contribution in [0.3, 0.4) is 0 Å². The van der Waals surface area contributed by atoms with Crippen LogP contribution in [-0.2, 0) is 11.6 Å². The van der Waals surface area contributed by atoms with Crippen LogP contribution in [0, 0.1) is 0 Å². The molecule has 4 nitrogen and oxygen atoms in total. The van der Waals surface area contributed by atoms with Gasteiger partial charge in [0.1, 0.15) is 0 Å². The monoisotopic (exact) mass is 388 g/mol. The Bertz CT molecular complexity index is 1000. The van der Waals surface area contributed by atoms with Crippen LogP contribution >= 0.6 is 0 Å². The highest BCUT2D eigenvalue weighted by Gasteiger charge is 2.48. The first-order chi connectivity index (χ1) is 12.3. The van der Waals surface area contributed by atoms with Crippen LogP contribution in [0.1, 0.15) is 25.1 Å². The Morgan fingerprint density at radius 1 is 1.04 bits per heavy atom. The molecule has 0 unspecified atom stereocenters. The maximum Gasteiger partial charge on any atom is 0.434 e. The number of fused-ring (bicyclic) bond motifs is 1. The van der Waals surface area contributed by atoms with Gasteiger partial charge in [0.05, 0.1) is 17.3 Å². The molecule has 3 aromatic rings. The Morgan fingerprint density at radius 2 is 1.70 bits per heavy atom. The fourth-order valence-electron chi connectivity index (χ4n) is 2.59. The van der Waals surface area contributed by atoms with E-state index in [2.05, 4.69) is 9.97 Å². The molecule has 2 heterocycles. The van der Waals surface area contributed by atoms with Crippen molar-refractivity contribution in [3.63, 3.8) is 0 Å². The topological polar surface area (TPSA) is 56.2 Å². The van der Waals surface area contributed by atoms with E-state index in [1.54, 1.807) is 0 Å². The number of alkyl halides is 6. The van der Waals surface area contributed by atoms with Gasteiger partial charge in [-0.1, -0.05) is 18.2 Å². The van der Waals surface area contributed by atoms with Crippen molar-refractivity contribution in [1.29, 1.82) is 0 Å². The van der Waals surface area contributed by atoms with E-state index in [9.17, 15) is 26.3 Å². The van der Waals surface area contributed by atoms with Crippen molar-refractivity contribution < 1.29 is 26.3 Å². The molecule has 10 heteroatoms. The SMILES string of the molecule is CC(C)(c1cccc(-c2cnc3c(N)nc(C(F)(F)F)cn23)c1)C(F)(F)F. The third-order valence-corrected chi connectivity index (χ3v) is 4.40. The molecule has 144 valence electrons. The van der Waals surface area contributed by atoms with E-state index >= 15 is 0 Å². The Hall–Kier alpha value is -2.78. The molecule has 0 bridgehead atoms. The fraction of sp³-hybridized carbons (Fsp3) is 0.294. The molecule has 0 aliphatic carbocycles. The smallest absolute Gasteiger partial charge is 0.381 e. The quantitative estimate of drug-likeness (QED) is 0.640. The summed E-state index contributed by atoms with van der Waals surface area (Å²) in [5.41, 5.74) is 2.60. The van der Waals surface area contributed by atoms with Gasteiger partial charge < -0.3 is 5.73 Å². The zero-order valence-electron chi connectivity index (χ0n) is 14.2. The van der Waals surface area contributed by atoms with Crippen LogP contribution in [0.2, 0.25) is 0 Å². The van der Waals surface area contributed by atoms with Crippen LogP contribution in [0.5, 0.6) is 0 Å². The lowest BCUT2D eigenvalue weighted by atomic mass is 9.83. The third-order valence-electron chi connectivity index (χ3n) is 4.40. The zero-order valence-corrected chi connectivity index (χ0v) is 14.2. The molecule has 0 amide bonds. The zero-order chi connectivity index (χ0) is 20.2. The normalized spacial score (nSPS) is 13.3. The molecule has 0 spiro atoms. The maximum atomic E-state index is 13.3. The summed E-state index contributed by atoms with van der Waals surface area (Å²) >= 11 is 0. The average molecular weight is 388 g/mol. The number of hydrogen-bond acceptors (Lipinski definition) is 3. The van der Waals surface area contributed by atoms with Gasteiger partial charge in [0.2, 0.25) is 0 Å². The summed E-state index contributed by atoms with van der Waals surface area (Å²) in [6.07, 6.45) is -7.27. The number of rotatable bonds is 2. The Balaban J connectivity index is 2.20. The first-order valence-corrected chi connectivity index (χ1v) is 7.71. The molecule has 2 N–H and O–H groups in total. The molecule has 3 rings (SSSR count). The van der Waals surface area contributed by atoms with E-state index in [1.807, 2.05) is 0 Å². The van der Waals surface area contributed by atoms with Gasteiger partial charge >= 0.3 is 12.4 Å². The molecule has 0 aliphatic rings. The van der Waals surface area contributed by atoms with E-state index < -0.39 is 29.3 Å². The number of anilines is 1. The molecular weight excluding hydrogens is 374 g/mol. The molecule has 0 fully saturated rings. The van der Waals surface area contributed by atoms with Crippen molar-refractivity contribution >= 4 is 11.5 Å². The number of nitrogens with two attached hydrogens (primary N) is 1. The van der Waals surface area contributed by atoms with Gasteiger partial charge in [-0.2, -0.15) is 26.3 Å². The van der Waals surface area contributed by atoms with Crippen LogP contribution in [-0.4, -0.2) is 20.5 Å². The first kappa shape index (κ1) is 19.0. The van der Waals surface area contributed by atoms with E-state index in [0.29, 0.717) is 0 Å². The number of nitrogen functional groups attached to an aromatic ring is 1. The standard InChI is InChI=1S/C17H14F6N4/c1-15(2,17(21,22)23)10-5-3-4-9(6-10)11-7-25-14-13(24)26-12(8-27(11)14)16(18,19)20/h3-8H,1-2H3,(H2,24,26). The molecule has 0 aliphatic heterocycles. The second-order valence-corrected chi connectivity index (χ2v) is 6.55. The van der Waals surface area contributed by atoms with Crippen molar-refractivity contribution in [2.75, 3.05) is 5.73 Å². The van der Waals surface area contributed by atoms with Crippen molar-refractivity contribution in [3.05, 3.63) is 47.9 Å². The maximum absolute atomic E-state index is 13.3. The van der Waals surface area contributed by atoms with Crippen LogP contribution in [0.15, 0.2) is 36.7 Å². The summed E-state index contributed by atoms with van der Waals surface area (Å²) in [6, 6.07) is 5.49. The summed E-state index contributed by atoms with van der Waals surface area (Å²) in [7, 11) is 0. The molecule has 1 aromatic carbocycles. The largest absolute Gasteiger partial charge is 0.434 e. The Kier molecular flexibility index (Phi) is 4.12. The summed E-state index contributed by atoms with van der Waals surface area (Å²) in [4.78, 5) is 7.23. The van der Waals surface area contributed by atoms with Gasteiger partial charge in [-0.15, -0.1) is 0 Å². The lowest BCUT2D eigenvalue weighted by Gasteiger charge is -2.28.